The molecule has 7 nitrogen and oxygen atoms in total. The first-order valence-corrected chi connectivity index (χ1v) is 13.2. The van der Waals surface area contributed by atoms with E-state index in [-0.39, 0.29) is 16.7 Å². The molecule has 0 fully saturated rings. The average molecular weight is 499 g/mol. The molecule has 0 saturated carbocycles. The Kier molecular flexibility index (Phi) is 9.54. The predicted molar refractivity (Wildman–Crippen MR) is 138 cm³/mol. The zero-order valence-corrected chi connectivity index (χ0v) is 21.3. The maximum absolute atomic E-state index is 12.5. The summed E-state index contributed by atoms with van der Waals surface area (Å²) in [5.74, 6) is 1.69. The van der Waals surface area contributed by atoms with Crippen LogP contribution >= 0.6 is 0 Å². The maximum atomic E-state index is 12.5. The summed E-state index contributed by atoms with van der Waals surface area (Å²) in [5.41, 5.74) is 2.56. The number of primary sulfonamides is 1. The summed E-state index contributed by atoms with van der Waals surface area (Å²) in [4.78, 5) is 0.0458. The Balaban J connectivity index is 1.73. The van der Waals surface area contributed by atoms with Crippen molar-refractivity contribution in [2.75, 3.05) is 26.9 Å². The van der Waals surface area contributed by atoms with Crippen molar-refractivity contribution in [1.82, 2.24) is 5.32 Å². The highest BCUT2D eigenvalue weighted by atomic mass is 32.2. The number of para-hydroxylation sites is 2. The molecule has 1 atom stereocenters. The monoisotopic (exact) mass is 498 g/mol. The summed E-state index contributed by atoms with van der Waals surface area (Å²) < 4.78 is 41.9. The van der Waals surface area contributed by atoms with Crippen LogP contribution in [0.2, 0.25) is 0 Å². The van der Waals surface area contributed by atoms with E-state index in [9.17, 15) is 8.42 Å². The van der Waals surface area contributed by atoms with Gasteiger partial charge in [0.1, 0.15) is 17.3 Å². The Labute approximate surface area is 208 Å². The number of hydrogen-bond donors (Lipinski definition) is 2. The van der Waals surface area contributed by atoms with Gasteiger partial charge in [-0.3, -0.25) is 0 Å². The highest BCUT2D eigenvalue weighted by Crippen LogP contribution is 2.32. The predicted octanol–water partition coefficient (Wildman–Crippen LogP) is 3.93. The van der Waals surface area contributed by atoms with Crippen LogP contribution in [0, 0.1) is 0 Å². The molecule has 0 aromatic heterocycles. The molecule has 0 amide bonds. The van der Waals surface area contributed by atoms with E-state index in [4.69, 9.17) is 19.3 Å². The van der Waals surface area contributed by atoms with E-state index in [2.05, 4.69) is 12.2 Å². The van der Waals surface area contributed by atoms with Crippen molar-refractivity contribution in [3.8, 4) is 17.2 Å². The van der Waals surface area contributed by atoms with Gasteiger partial charge in [-0.1, -0.05) is 48.5 Å². The van der Waals surface area contributed by atoms with Gasteiger partial charge in [0.15, 0.2) is 11.5 Å². The summed E-state index contributed by atoms with van der Waals surface area (Å²) in [7, 11) is -2.54. The SMILES string of the molecule is CCOc1ccccc1OCCN[C@H](C)Cc1ccc(OC)c(S(N)(=O)=O)c1Cc1ccccc1. The summed E-state index contributed by atoms with van der Waals surface area (Å²) in [6, 6.07) is 21.0. The zero-order valence-electron chi connectivity index (χ0n) is 20.5. The molecule has 8 heteroatoms. The van der Waals surface area contributed by atoms with Gasteiger partial charge in [-0.05, 0) is 61.6 Å². The Morgan fingerprint density at radius 3 is 2.20 bits per heavy atom. The first-order valence-electron chi connectivity index (χ1n) is 11.7. The van der Waals surface area contributed by atoms with Crippen LogP contribution in [-0.2, 0) is 22.9 Å². The molecule has 0 radical (unpaired) electrons. The number of nitrogens with one attached hydrogen (secondary N) is 1. The zero-order chi connectivity index (χ0) is 25.3. The summed E-state index contributed by atoms with van der Waals surface area (Å²) in [6.07, 6.45) is 1.05. The average Bonchev–Trinajstić information content (AvgIpc) is 2.83. The van der Waals surface area contributed by atoms with Crippen molar-refractivity contribution in [1.29, 1.82) is 0 Å². The lowest BCUT2D eigenvalue weighted by molar-refractivity contribution is 0.272. The van der Waals surface area contributed by atoms with Crippen molar-refractivity contribution in [3.63, 3.8) is 0 Å². The molecule has 3 rings (SSSR count). The molecule has 0 aliphatic rings. The molecule has 0 aliphatic carbocycles. The van der Waals surface area contributed by atoms with Crippen LogP contribution < -0.4 is 24.7 Å². The molecule has 3 aromatic carbocycles. The van der Waals surface area contributed by atoms with Gasteiger partial charge in [0.2, 0.25) is 10.0 Å². The van der Waals surface area contributed by atoms with Crippen molar-refractivity contribution in [3.05, 3.63) is 83.4 Å². The Bertz CT molecular complexity index is 1200. The molecule has 0 spiro atoms. The molecular weight excluding hydrogens is 464 g/mol. The summed E-state index contributed by atoms with van der Waals surface area (Å²) in [6.45, 7) is 5.65. The Hall–Kier alpha value is -3.07. The smallest absolute Gasteiger partial charge is 0.242 e. The fourth-order valence-electron chi connectivity index (χ4n) is 4.02. The third-order valence-corrected chi connectivity index (χ3v) is 6.59. The lowest BCUT2D eigenvalue weighted by Gasteiger charge is -2.20. The summed E-state index contributed by atoms with van der Waals surface area (Å²) >= 11 is 0. The maximum Gasteiger partial charge on any atom is 0.242 e. The third-order valence-electron chi connectivity index (χ3n) is 5.58. The number of benzene rings is 3. The molecule has 188 valence electrons. The number of sulfonamides is 1. The Morgan fingerprint density at radius 2 is 1.57 bits per heavy atom. The molecule has 3 aromatic rings. The Morgan fingerprint density at radius 1 is 0.914 bits per heavy atom. The molecule has 0 saturated heterocycles. The van der Waals surface area contributed by atoms with Crippen molar-refractivity contribution < 1.29 is 22.6 Å². The van der Waals surface area contributed by atoms with Gasteiger partial charge in [0.05, 0.1) is 13.7 Å². The summed E-state index contributed by atoms with van der Waals surface area (Å²) in [5, 5.41) is 9.08. The molecule has 0 heterocycles. The number of ether oxygens (including phenoxy) is 3. The van der Waals surface area contributed by atoms with E-state index in [1.54, 1.807) is 6.07 Å². The number of hydrogen-bond acceptors (Lipinski definition) is 6. The standard InChI is InChI=1S/C27H34N2O5S/c1-4-33-24-12-8-9-13-25(24)34-17-16-29-20(2)18-22-14-15-26(32-3)27(35(28,30)31)23(22)19-21-10-6-5-7-11-21/h5-15,20,29H,4,16-19H2,1-3H3,(H2,28,30,31)/t20-/m1/s1. The second-order valence-electron chi connectivity index (χ2n) is 8.23. The second-order valence-corrected chi connectivity index (χ2v) is 9.73. The molecule has 35 heavy (non-hydrogen) atoms. The van der Waals surface area contributed by atoms with Crippen LogP contribution in [0.3, 0.4) is 0 Å². The van der Waals surface area contributed by atoms with Crippen LogP contribution in [0.15, 0.2) is 71.6 Å². The van der Waals surface area contributed by atoms with Crippen molar-refractivity contribution in [2.45, 2.75) is 37.6 Å². The van der Waals surface area contributed by atoms with E-state index in [0.29, 0.717) is 43.9 Å². The third kappa shape index (κ3) is 7.45. The van der Waals surface area contributed by atoms with Gasteiger partial charge in [0, 0.05) is 12.6 Å². The number of rotatable bonds is 13. The molecule has 0 unspecified atom stereocenters. The van der Waals surface area contributed by atoms with Crippen LogP contribution in [0.4, 0.5) is 0 Å². The number of methoxy groups -OCH3 is 1. The fraction of sp³-hybridized carbons (Fsp3) is 0.333. The van der Waals surface area contributed by atoms with Gasteiger partial charge in [-0.2, -0.15) is 0 Å². The van der Waals surface area contributed by atoms with Crippen LogP contribution in [0.5, 0.6) is 17.2 Å². The van der Waals surface area contributed by atoms with Crippen molar-refractivity contribution in [2.24, 2.45) is 5.14 Å². The van der Waals surface area contributed by atoms with E-state index < -0.39 is 10.0 Å². The quantitative estimate of drug-likeness (QED) is 0.347. The van der Waals surface area contributed by atoms with Gasteiger partial charge >= 0.3 is 0 Å². The van der Waals surface area contributed by atoms with Gasteiger partial charge in [-0.15, -0.1) is 0 Å². The molecular formula is C27H34N2O5S. The minimum absolute atomic E-state index is 0.0458. The van der Waals surface area contributed by atoms with E-state index in [1.165, 1.54) is 7.11 Å². The van der Waals surface area contributed by atoms with Gasteiger partial charge in [0.25, 0.3) is 0 Å². The highest BCUT2D eigenvalue weighted by Gasteiger charge is 2.24. The largest absolute Gasteiger partial charge is 0.495 e. The van der Waals surface area contributed by atoms with E-state index in [1.807, 2.05) is 67.6 Å². The van der Waals surface area contributed by atoms with Crippen LogP contribution in [-0.4, -0.2) is 41.3 Å². The van der Waals surface area contributed by atoms with Crippen molar-refractivity contribution >= 4 is 10.0 Å². The minimum atomic E-state index is -3.99. The normalized spacial score (nSPS) is 12.2. The van der Waals surface area contributed by atoms with E-state index in [0.717, 1.165) is 16.9 Å². The lowest BCUT2D eigenvalue weighted by atomic mass is 9.95. The highest BCUT2D eigenvalue weighted by molar-refractivity contribution is 7.89. The molecule has 0 bridgehead atoms. The minimum Gasteiger partial charge on any atom is -0.495 e. The van der Waals surface area contributed by atoms with Gasteiger partial charge < -0.3 is 19.5 Å². The lowest BCUT2D eigenvalue weighted by Crippen LogP contribution is -2.32. The first-order chi connectivity index (χ1) is 16.8. The van der Waals surface area contributed by atoms with Crippen LogP contribution in [0.1, 0.15) is 30.5 Å². The van der Waals surface area contributed by atoms with Gasteiger partial charge in [-0.25, -0.2) is 13.6 Å². The molecule has 0 aliphatic heterocycles. The first kappa shape index (κ1) is 26.5. The van der Waals surface area contributed by atoms with Crippen LogP contribution in [0.25, 0.3) is 0 Å². The van der Waals surface area contributed by atoms with E-state index >= 15 is 0 Å². The second kappa shape index (κ2) is 12.6. The number of nitrogens with two attached hydrogens (primary N) is 1. The molecule has 3 N–H and O–H groups in total. The fourth-order valence-corrected chi connectivity index (χ4v) is 5.00. The topological polar surface area (TPSA) is 99.9 Å².